The average molecular weight is 464 g/mol. The Labute approximate surface area is 183 Å². The van der Waals surface area contributed by atoms with Crippen LogP contribution in [0.4, 0.5) is 4.79 Å². The molecule has 0 aromatic heterocycles. The fourth-order valence-corrected chi connectivity index (χ4v) is 4.03. The first-order chi connectivity index (χ1) is 14.1. The molecule has 4 nitrogen and oxygen atoms in total. The summed E-state index contributed by atoms with van der Waals surface area (Å²) in [5, 5.41) is 3.67. The van der Waals surface area contributed by atoms with Gasteiger partial charge in [0.05, 0.1) is 6.26 Å². The number of halogens is 1. The molecule has 0 spiro atoms. The van der Waals surface area contributed by atoms with Crippen molar-refractivity contribution in [1.29, 1.82) is 0 Å². The van der Waals surface area contributed by atoms with Crippen molar-refractivity contribution in [3.8, 4) is 11.5 Å². The number of hydrogen-bond donors (Lipinski definition) is 1. The summed E-state index contributed by atoms with van der Waals surface area (Å²) in [5.74, 6) is 1.52. The van der Waals surface area contributed by atoms with Crippen molar-refractivity contribution in [2.24, 2.45) is 0 Å². The maximum atomic E-state index is 12.4. The third kappa shape index (κ3) is 7.54. The Kier molecular flexibility index (Phi) is 10.3. The second-order valence-corrected chi connectivity index (χ2v) is 8.41. The minimum atomic E-state index is -0.418. The van der Waals surface area contributed by atoms with E-state index in [1.807, 2.05) is 6.07 Å². The number of hydrogen-bond acceptors (Lipinski definition) is 3. The third-order valence-electron chi connectivity index (χ3n) is 5.17. The Morgan fingerprint density at radius 1 is 1.31 bits per heavy atom. The van der Waals surface area contributed by atoms with Crippen LogP contribution < -0.4 is 14.8 Å². The van der Waals surface area contributed by atoms with Crippen LogP contribution >= 0.6 is 15.9 Å². The number of ether oxygens (including phenoxy) is 2. The molecule has 0 saturated carbocycles. The first-order valence-electron chi connectivity index (χ1n) is 10.7. The molecule has 1 N–H and O–H groups in total. The summed E-state index contributed by atoms with van der Waals surface area (Å²) in [6, 6.07) is 4.10. The Morgan fingerprint density at radius 2 is 2.10 bits per heavy atom. The van der Waals surface area contributed by atoms with E-state index in [-0.39, 0.29) is 5.92 Å². The van der Waals surface area contributed by atoms with Crippen LogP contribution in [0.1, 0.15) is 75.8 Å². The molecule has 0 heterocycles. The average Bonchev–Trinajstić information content (AvgIpc) is 2.68. The number of amides is 1. The highest BCUT2D eigenvalue weighted by Gasteiger charge is 2.24. The molecule has 2 rings (SSSR count). The predicted octanol–water partition coefficient (Wildman–Crippen LogP) is 7.03. The van der Waals surface area contributed by atoms with Crippen LogP contribution in [0.3, 0.4) is 0 Å². The zero-order valence-corrected chi connectivity index (χ0v) is 19.4. The molecule has 0 saturated heterocycles. The number of nitrogens with one attached hydrogen (secondary N) is 1. The van der Waals surface area contributed by atoms with E-state index >= 15 is 0 Å². The van der Waals surface area contributed by atoms with E-state index < -0.39 is 6.09 Å². The predicted molar refractivity (Wildman–Crippen MR) is 123 cm³/mol. The summed E-state index contributed by atoms with van der Waals surface area (Å²) in [5.41, 5.74) is 3.43. The van der Waals surface area contributed by atoms with Gasteiger partial charge in [-0.25, -0.2) is 4.79 Å². The number of unbranched alkanes of at least 4 members (excludes halogenated alkanes) is 2. The van der Waals surface area contributed by atoms with Crippen molar-refractivity contribution in [2.75, 3.05) is 11.9 Å². The van der Waals surface area contributed by atoms with E-state index in [4.69, 9.17) is 9.47 Å². The van der Waals surface area contributed by atoms with Crippen LogP contribution in [-0.2, 0) is 6.42 Å². The standard InChI is InChI=1S/C24H34BrNO3/c1-4-6-7-11-19-16-21(28-5-2)23(20-12-8-10-18(3)15-20)22(17-19)29-24(27)26-14-9-13-25/h5,15-17,20H,2,4,6-14H2,1,3H3,(H,26,27)/t20-/m0/s1. The third-order valence-corrected chi connectivity index (χ3v) is 5.73. The van der Waals surface area contributed by atoms with Crippen molar-refractivity contribution in [3.63, 3.8) is 0 Å². The lowest BCUT2D eigenvalue weighted by atomic mass is 9.84. The van der Waals surface area contributed by atoms with E-state index in [0.717, 1.165) is 60.7 Å². The van der Waals surface area contributed by atoms with E-state index in [0.29, 0.717) is 12.3 Å². The largest absolute Gasteiger partial charge is 0.465 e. The topological polar surface area (TPSA) is 47.6 Å². The van der Waals surface area contributed by atoms with Gasteiger partial charge in [-0.15, -0.1) is 0 Å². The summed E-state index contributed by atoms with van der Waals surface area (Å²) >= 11 is 3.38. The lowest BCUT2D eigenvalue weighted by Gasteiger charge is -2.25. The zero-order chi connectivity index (χ0) is 21.1. The van der Waals surface area contributed by atoms with Crippen LogP contribution in [0.5, 0.6) is 11.5 Å². The second-order valence-electron chi connectivity index (χ2n) is 7.62. The van der Waals surface area contributed by atoms with E-state index in [9.17, 15) is 4.79 Å². The summed E-state index contributed by atoms with van der Waals surface area (Å²) in [6.45, 7) is 8.67. The Morgan fingerprint density at radius 3 is 2.79 bits per heavy atom. The Bertz CT molecular complexity index is 714. The van der Waals surface area contributed by atoms with Crippen molar-refractivity contribution in [1.82, 2.24) is 5.32 Å². The normalized spacial score (nSPS) is 16.1. The lowest BCUT2D eigenvalue weighted by molar-refractivity contribution is 0.199. The van der Waals surface area contributed by atoms with E-state index in [1.165, 1.54) is 24.7 Å². The fourth-order valence-electron chi connectivity index (χ4n) is 3.75. The minimum absolute atomic E-state index is 0.175. The van der Waals surface area contributed by atoms with Gasteiger partial charge >= 0.3 is 6.09 Å². The van der Waals surface area contributed by atoms with Crippen LogP contribution in [0.25, 0.3) is 0 Å². The number of carbonyl (C=O) groups is 1. The van der Waals surface area contributed by atoms with Gasteiger partial charge in [-0.05, 0) is 63.1 Å². The molecule has 1 aromatic carbocycles. The molecule has 0 radical (unpaired) electrons. The lowest BCUT2D eigenvalue weighted by Crippen LogP contribution is -2.28. The van der Waals surface area contributed by atoms with Crippen molar-refractivity contribution in [3.05, 3.63) is 47.7 Å². The van der Waals surface area contributed by atoms with Crippen molar-refractivity contribution in [2.45, 2.75) is 71.1 Å². The number of benzene rings is 1. The monoisotopic (exact) mass is 463 g/mol. The second kappa shape index (κ2) is 12.7. The molecular weight excluding hydrogens is 430 g/mol. The van der Waals surface area contributed by atoms with Gasteiger partial charge in [0.2, 0.25) is 0 Å². The minimum Gasteiger partial charge on any atom is -0.465 e. The quantitative estimate of drug-likeness (QED) is 0.166. The number of rotatable bonds is 11. The first-order valence-corrected chi connectivity index (χ1v) is 11.8. The van der Waals surface area contributed by atoms with Crippen molar-refractivity contribution < 1.29 is 14.3 Å². The van der Waals surface area contributed by atoms with Gasteiger partial charge < -0.3 is 14.8 Å². The van der Waals surface area contributed by atoms with Crippen LogP contribution in [-0.4, -0.2) is 18.0 Å². The molecule has 29 heavy (non-hydrogen) atoms. The first kappa shape index (κ1) is 23.5. The molecule has 0 unspecified atom stereocenters. The molecule has 0 aliphatic heterocycles. The number of carbonyl (C=O) groups excluding carboxylic acids is 1. The SMILES string of the molecule is C=COc1cc(CCCCC)cc(OC(=O)NCCCBr)c1[C@@H]1C=C(C)CCC1. The highest BCUT2D eigenvalue weighted by molar-refractivity contribution is 9.09. The Hall–Kier alpha value is -1.75. The van der Waals surface area contributed by atoms with Crippen molar-refractivity contribution >= 4 is 22.0 Å². The smallest absolute Gasteiger partial charge is 0.412 e. The zero-order valence-electron chi connectivity index (χ0n) is 17.8. The molecule has 5 heteroatoms. The highest BCUT2D eigenvalue weighted by Crippen LogP contribution is 2.43. The molecular formula is C24H34BrNO3. The van der Waals surface area contributed by atoms with Gasteiger partial charge in [-0.2, -0.15) is 0 Å². The van der Waals surface area contributed by atoms with Crippen LogP contribution in [0.15, 0.2) is 36.6 Å². The molecule has 1 aromatic rings. The molecule has 1 aliphatic rings. The maximum absolute atomic E-state index is 12.4. The van der Waals surface area contributed by atoms with Crippen LogP contribution in [0.2, 0.25) is 0 Å². The molecule has 1 aliphatic carbocycles. The Balaban J connectivity index is 2.38. The summed E-state index contributed by atoms with van der Waals surface area (Å²) < 4.78 is 11.6. The van der Waals surface area contributed by atoms with Crippen LogP contribution in [0, 0.1) is 0 Å². The highest BCUT2D eigenvalue weighted by atomic mass is 79.9. The van der Waals surface area contributed by atoms with E-state index in [2.05, 4.69) is 53.8 Å². The number of aryl methyl sites for hydroxylation is 1. The van der Waals surface area contributed by atoms with Gasteiger partial charge in [0.1, 0.15) is 11.5 Å². The van der Waals surface area contributed by atoms with E-state index in [1.54, 1.807) is 0 Å². The maximum Gasteiger partial charge on any atom is 0.412 e. The van der Waals surface area contributed by atoms with Gasteiger partial charge in [0, 0.05) is 23.4 Å². The number of allylic oxidation sites excluding steroid dienone is 2. The molecule has 0 bridgehead atoms. The summed E-state index contributed by atoms with van der Waals surface area (Å²) in [7, 11) is 0. The molecule has 1 atom stereocenters. The van der Waals surface area contributed by atoms with Gasteiger partial charge in [0.15, 0.2) is 0 Å². The van der Waals surface area contributed by atoms with Gasteiger partial charge in [0.25, 0.3) is 0 Å². The molecule has 0 fully saturated rings. The summed E-state index contributed by atoms with van der Waals surface area (Å²) in [6.07, 6.45) is 11.8. The number of alkyl halides is 1. The van der Waals surface area contributed by atoms with Gasteiger partial charge in [-0.3, -0.25) is 0 Å². The fraction of sp³-hybridized carbons (Fsp3) is 0.542. The molecule has 1 amide bonds. The van der Waals surface area contributed by atoms with Gasteiger partial charge in [-0.1, -0.05) is 53.9 Å². The summed E-state index contributed by atoms with van der Waals surface area (Å²) in [4.78, 5) is 12.4. The molecule has 160 valence electrons.